The molecular weight excluding hydrogens is 280 g/mol. The Labute approximate surface area is 71.7 Å². The van der Waals surface area contributed by atoms with Gasteiger partial charge in [0.15, 0.2) is 0 Å². The molecule has 0 amide bonds. The van der Waals surface area contributed by atoms with Crippen molar-refractivity contribution in [2.24, 2.45) is 0 Å². The number of hydrogen-bond donors (Lipinski definition) is 3. The minimum atomic E-state index is -4.64. The summed E-state index contributed by atoms with van der Waals surface area (Å²) in [5.74, 6) is 0. The molecule has 7 heavy (non-hydrogen) atoms. The first kappa shape index (κ1) is 15.8. The van der Waals surface area contributed by atoms with E-state index in [1.54, 1.807) is 0 Å². The van der Waals surface area contributed by atoms with Crippen LogP contribution in [0.1, 0.15) is 0 Å². The molecule has 0 radical (unpaired) electrons. The van der Waals surface area contributed by atoms with Gasteiger partial charge in [0.05, 0.1) is 0 Å². The zero-order chi connectivity index (χ0) is 4.50. The molecule has 0 aliphatic rings. The number of hydrogen-bond acceptors (Lipinski definition) is 1. The topological polar surface area (TPSA) is 77.8 Å². The van der Waals surface area contributed by atoms with Crippen molar-refractivity contribution in [3.05, 3.63) is 0 Å². The van der Waals surface area contributed by atoms with E-state index in [2.05, 4.69) is 0 Å². The molecule has 0 unspecified atom stereocenters. The van der Waals surface area contributed by atoms with E-state index < -0.39 is 7.82 Å². The van der Waals surface area contributed by atoms with Gasteiger partial charge in [-0.1, -0.05) is 0 Å². The normalized spacial score (nSPS) is 8.43. The zero-order valence-electron chi connectivity index (χ0n) is 2.90. The average Bonchev–Trinajstić information content (AvgIpc) is 0.722. The molecule has 0 saturated carbocycles. The van der Waals surface area contributed by atoms with Crippen molar-refractivity contribution >= 4 is 25.4 Å². The molecule has 0 bridgehead atoms. The summed E-state index contributed by atoms with van der Waals surface area (Å²) < 4.78 is 8.88. The van der Waals surface area contributed by atoms with Crippen molar-refractivity contribution in [1.82, 2.24) is 0 Å². The standard InChI is InChI=1S/Cd.GeH4.H3O4P/c;;1-5(2,3)4/h;1H4;(H3,1,2,3,4). The molecule has 0 aromatic rings. The first-order valence-electron chi connectivity index (χ1n) is 0.783. The summed E-state index contributed by atoms with van der Waals surface area (Å²) in [7, 11) is -4.64. The van der Waals surface area contributed by atoms with Crippen LogP contribution in [0.3, 0.4) is 0 Å². The van der Waals surface area contributed by atoms with Gasteiger partial charge >= 0.3 is 25.4 Å². The molecule has 0 aromatic carbocycles. The molecule has 0 aliphatic heterocycles. The van der Waals surface area contributed by atoms with Crippen LogP contribution in [-0.2, 0) is 31.9 Å². The third-order valence-corrected chi connectivity index (χ3v) is 0. The Bertz CT molecular complexity index is 57.8. The van der Waals surface area contributed by atoms with Gasteiger partial charge in [-0.15, -0.1) is 0 Å². The third-order valence-electron chi connectivity index (χ3n) is 0. The van der Waals surface area contributed by atoms with Crippen molar-refractivity contribution in [2.75, 3.05) is 0 Å². The molecule has 3 N–H and O–H groups in total. The maximum atomic E-state index is 8.88. The molecule has 42 valence electrons. The van der Waals surface area contributed by atoms with E-state index in [9.17, 15) is 0 Å². The third kappa shape index (κ3) is 94.9. The number of rotatable bonds is 0. The Morgan fingerprint density at radius 1 is 1.14 bits per heavy atom. The second-order valence-corrected chi connectivity index (χ2v) is 1.54. The predicted molar refractivity (Wildman–Crippen MR) is 25.6 cm³/mol. The average molecular weight is 287 g/mol. The van der Waals surface area contributed by atoms with E-state index in [1.807, 2.05) is 0 Å². The van der Waals surface area contributed by atoms with Gasteiger partial charge in [0, 0.05) is 27.3 Å². The van der Waals surface area contributed by atoms with Crippen LogP contribution >= 0.6 is 7.82 Å². The summed E-state index contributed by atoms with van der Waals surface area (Å²) in [5.41, 5.74) is 0. The van der Waals surface area contributed by atoms with Crippen LogP contribution < -0.4 is 0 Å². The SMILES string of the molecule is O=P(O)(O)O.[Cd].[GeH4]. The van der Waals surface area contributed by atoms with E-state index in [0.717, 1.165) is 0 Å². The van der Waals surface area contributed by atoms with Crippen LogP contribution in [0.25, 0.3) is 0 Å². The van der Waals surface area contributed by atoms with Crippen molar-refractivity contribution in [3.8, 4) is 0 Å². The fraction of sp³-hybridized carbons (Fsp3) is 0. The Morgan fingerprint density at radius 2 is 1.14 bits per heavy atom. The fourth-order valence-electron chi connectivity index (χ4n) is 0. The molecule has 7 heteroatoms. The van der Waals surface area contributed by atoms with E-state index in [4.69, 9.17) is 19.2 Å². The predicted octanol–water partition coefficient (Wildman–Crippen LogP) is -2.38. The van der Waals surface area contributed by atoms with Crippen LogP contribution in [-0.4, -0.2) is 32.3 Å². The Kier molecular flexibility index (Phi) is 12.9. The van der Waals surface area contributed by atoms with Gasteiger partial charge in [-0.2, -0.15) is 0 Å². The van der Waals surface area contributed by atoms with E-state index in [1.165, 1.54) is 0 Å². The van der Waals surface area contributed by atoms with E-state index in [0.29, 0.717) is 0 Å². The summed E-state index contributed by atoms with van der Waals surface area (Å²) >= 11 is 0. The molecule has 0 atom stereocenters. The van der Waals surface area contributed by atoms with Gasteiger partial charge in [0.2, 0.25) is 0 Å². The van der Waals surface area contributed by atoms with Crippen LogP contribution in [0.15, 0.2) is 0 Å². The van der Waals surface area contributed by atoms with Gasteiger partial charge in [-0.25, -0.2) is 4.57 Å². The summed E-state index contributed by atoms with van der Waals surface area (Å²) in [6, 6.07) is 0. The van der Waals surface area contributed by atoms with Gasteiger partial charge in [0.25, 0.3) is 0 Å². The Balaban J connectivity index is -0.0000000800. The van der Waals surface area contributed by atoms with Crippen LogP contribution in [0, 0.1) is 0 Å². The molecular formula is H7CdGeO4P. The van der Waals surface area contributed by atoms with E-state index in [-0.39, 0.29) is 44.9 Å². The number of phosphoric acid groups is 1. The second-order valence-electron chi connectivity index (χ2n) is 0.513. The molecule has 0 saturated heterocycles. The van der Waals surface area contributed by atoms with Crippen LogP contribution in [0.5, 0.6) is 0 Å². The van der Waals surface area contributed by atoms with Gasteiger partial charge < -0.3 is 14.7 Å². The second kappa shape index (κ2) is 5.71. The molecule has 0 rings (SSSR count). The summed E-state index contributed by atoms with van der Waals surface area (Å²) in [5, 5.41) is 0. The van der Waals surface area contributed by atoms with Crippen molar-refractivity contribution < 1.29 is 46.5 Å². The van der Waals surface area contributed by atoms with Crippen LogP contribution in [0.4, 0.5) is 0 Å². The van der Waals surface area contributed by atoms with Gasteiger partial charge in [-0.05, 0) is 0 Å². The summed E-state index contributed by atoms with van der Waals surface area (Å²) in [6.07, 6.45) is 0. The van der Waals surface area contributed by atoms with E-state index >= 15 is 0 Å². The maximum absolute atomic E-state index is 8.88. The fourth-order valence-corrected chi connectivity index (χ4v) is 0. The van der Waals surface area contributed by atoms with Crippen molar-refractivity contribution in [1.29, 1.82) is 0 Å². The van der Waals surface area contributed by atoms with Crippen molar-refractivity contribution in [2.45, 2.75) is 0 Å². The van der Waals surface area contributed by atoms with Gasteiger partial charge in [-0.3, -0.25) is 0 Å². The minimum absolute atomic E-state index is 0. The van der Waals surface area contributed by atoms with Gasteiger partial charge in [0.1, 0.15) is 0 Å². The van der Waals surface area contributed by atoms with Crippen molar-refractivity contribution in [3.63, 3.8) is 0 Å². The first-order valence-corrected chi connectivity index (χ1v) is 2.35. The molecule has 0 aromatic heterocycles. The zero-order valence-corrected chi connectivity index (χ0v) is 7.83. The first-order chi connectivity index (χ1) is 2.00. The molecule has 0 fully saturated rings. The Morgan fingerprint density at radius 3 is 1.14 bits per heavy atom. The Hall–Kier alpha value is 1.57. The monoisotopic (exact) mass is 290 g/mol. The molecule has 4 nitrogen and oxygen atoms in total. The summed E-state index contributed by atoms with van der Waals surface area (Å²) in [4.78, 5) is 21.6. The molecule has 0 spiro atoms. The molecule has 0 aliphatic carbocycles. The molecule has 0 heterocycles. The summed E-state index contributed by atoms with van der Waals surface area (Å²) in [6.45, 7) is 0. The van der Waals surface area contributed by atoms with Crippen LogP contribution in [0.2, 0.25) is 0 Å². The quantitative estimate of drug-likeness (QED) is 0.343.